The number of carbonyl (C=O) groups is 1. The summed E-state index contributed by atoms with van der Waals surface area (Å²) >= 11 is 0. The van der Waals surface area contributed by atoms with Crippen molar-refractivity contribution < 1.29 is 4.79 Å². The van der Waals surface area contributed by atoms with Crippen molar-refractivity contribution in [3.8, 4) is 0 Å². The van der Waals surface area contributed by atoms with Gasteiger partial charge in [-0.15, -0.1) is 0 Å². The van der Waals surface area contributed by atoms with Crippen LogP contribution in [0.3, 0.4) is 0 Å². The van der Waals surface area contributed by atoms with Crippen LogP contribution in [-0.4, -0.2) is 50.5 Å². The van der Waals surface area contributed by atoms with E-state index in [4.69, 9.17) is 0 Å². The van der Waals surface area contributed by atoms with Gasteiger partial charge in [0, 0.05) is 27.2 Å². The number of rotatable bonds is 8. The van der Waals surface area contributed by atoms with Crippen molar-refractivity contribution in [3.63, 3.8) is 0 Å². The van der Waals surface area contributed by atoms with E-state index in [0.717, 1.165) is 31.4 Å². The minimum absolute atomic E-state index is 0.0264. The van der Waals surface area contributed by atoms with Crippen LogP contribution in [0.1, 0.15) is 51.9 Å². The van der Waals surface area contributed by atoms with Gasteiger partial charge >= 0.3 is 0 Å². The Hall–Kier alpha value is -1.26. The maximum atomic E-state index is 11.6. The van der Waals surface area contributed by atoms with Gasteiger partial charge in [0.1, 0.15) is 6.54 Å². The average molecular weight is 296 g/mol. The first-order valence-electron chi connectivity index (χ1n) is 8.35. The molecule has 1 saturated carbocycles. The Morgan fingerprint density at radius 3 is 2.48 bits per heavy atom. The minimum atomic E-state index is 0.0264. The van der Waals surface area contributed by atoms with Crippen LogP contribution in [-0.2, 0) is 4.79 Å². The molecule has 0 aromatic heterocycles. The van der Waals surface area contributed by atoms with Gasteiger partial charge in [-0.25, -0.2) is 4.99 Å². The molecular weight excluding hydrogens is 264 g/mol. The first-order chi connectivity index (χ1) is 10.1. The minimum Gasteiger partial charge on any atom is -0.356 e. The van der Waals surface area contributed by atoms with Gasteiger partial charge in [0.05, 0.1) is 0 Å². The molecule has 1 aliphatic rings. The quantitative estimate of drug-likeness (QED) is 0.409. The average Bonchev–Trinajstić information content (AvgIpc) is 2.98. The van der Waals surface area contributed by atoms with Crippen molar-refractivity contribution in [1.82, 2.24) is 15.5 Å². The lowest BCUT2D eigenvalue weighted by molar-refractivity contribution is -0.127. The highest BCUT2D eigenvalue weighted by Crippen LogP contribution is 2.28. The lowest BCUT2D eigenvalue weighted by Crippen LogP contribution is -2.39. The van der Waals surface area contributed by atoms with Crippen molar-refractivity contribution >= 4 is 11.9 Å². The van der Waals surface area contributed by atoms with E-state index >= 15 is 0 Å². The second-order valence-electron chi connectivity index (χ2n) is 6.10. The number of carbonyl (C=O) groups excluding carboxylic acids is 1. The molecule has 21 heavy (non-hydrogen) atoms. The predicted octanol–water partition coefficient (Wildman–Crippen LogP) is 1.99. The van der Waals surface area contributed by atoms with Crippen LogP contribution in [0.4, 0.5) is 0 Å². The summed E-state index contributed by atoms with van der Waals surface area (Å²) in [6, 6.07) is 0. The maximum absolute atomic E-state index is 11.6. The van der Waals surface area contributed by atoms with Crippen LogP contribution >= 0.6 is 0 Å². The smallest absolute Gasteiger partial charge is 0.243 e. The Balaban J connectivity index is 2.27. The number of hydrogen-bond acceptors (Lipinski definition) is 2. The van der Waals surface area contributed by atoms with Crippen molar-refractivity contribution in [1.29, 1.82) is 0 Å². The third-order valence-electron chi connectivity index (χ3n) is 3.97. The fourth-order valence-corrected chi connectivity index (χ4v) is 2.60. The first-order valence-corrected chi connectivity index (χ1v) is 8.35. The molecule has 0 spiro atoms. The molecule has 0 heterocycles. The Bertz CT molecular complexity index is 322. The third-order valence-corrected chi connectivity index (χ3v) is 3.97. The molecule has 0 unspecified atom stereocenters. The molecule has 0 aliphatic heterocycles. The Labute approximate surface area is 129 Å². The third kappa shape index (κ3) is 7.93. The fourth-order valence-electron chi connectivity index (χ4n) is 2.60. The van der Waals surface area contributed by atoms with Crippen molar-refractivity contribution in [2.75, 3.05) is 33.7 Å². The standard InChI is InChI=1S/C16H32N4O/c1-4-11-17-16(19-13-15(21)20(2)3)18-12-7-10-14-8-5-6-9-14/h14H,4-13H2,1-3H3,(H2,17,18,19). The molecule has 1 aliphatic carbocycles. The van der Waals surface area contributed by atoms with Gasteiger partial charge in [0.25, 0.3) is 0 Å². The molecule has 1 amide bonds. The molecule has 2 N–H and O–H groups in total. The number of amides is 1. The molecule has 122 valence electrons. The second kappa shape index (κ2) is 10.5. The van der Waals surface area contributed by atoms with E-state index in [1.807, 2.05) is 0 Å². The molecule has 5 nitrogen and oxygen atoms in total. The molecule has 0 radical (unpaired) electrons. The lowest BCUT2D eigenvalue weighted by atomic mass is 10.0. The molecule has 0 aromatic rings. The monoisotopic (exact) mass is 296 g/mol. The lowest BCUT2D eigenvalue weighted by Gasteiger charge is -2.14. The highest BCUT2D eigenvalue weighted by molar-refractivity contribution is 5.84. The zero-order valence-corrected chi connectivity index (χ0v) is 14.0. The van der Waals surface area contributed by atoms with Crippen molar-refractivity contribution in [2.45, 2.75) is 51.9 Å². The molecule has 5 heteroatoms. The molecule has 0 bridgehead atoms. The number of likely N-dealkylation sites (N-methyl/N-ethyl adjacent to an activating group) is 1. The van der Waals surface area contributed by atoms with Gasteiger partial charge in [0.2, 0.25) is 5.91 Å². The number of nitrogens with zero attached hydrogens (tertiary/aromatic N) is 2. The van der Waals surface area contributed by atoms with Crippen LogP contribution in [0.2, 0.25) is 0 Å². The Kier molecular flexibility index (Phi) is 8.87. The van der Waals surface area contributed by atoms with Crippen molar-refractivity contribution in [3.05, 3.63) is 0 Å². The van der Waals surface area contributed by atoms with Crippen LogP contribution < -0.4 is 10.6 Å². The van der Waals surface area contributed by atoms with Crippen molar-refractivity contribution in [2.24, 2.45) is 10.9 Å². The normalized spacial score (nSPS) is 16.0. The number of aliphatic imine (C=N–C) groups is 1. The summed E-state index contributed by atoms with van der Waals surface area (Å²) in [5.74, 6) is 1.73. The summed E-state index contributed by atoms with van der Waals surface area (Å²) in [7, 11) is 3.51. The molecular formula is C16H32N4O. The predicted molar refractivity (Wildman–Crippen MR) is 88.5 cm³/mol. The first kappa shape index (κ1) is 17.8. The number of nitrogens with one attached hydrogen (secondary N) is 2. The van der Waals surface area contributed by atoms with E-state index in [1.54, 1.807) is 19.0 Å². The topological polar surface area (TPSA) is 56.7 Å². The van der Waals surface area contributed by atoms with Gasteiger partial charge in [-0.2, -0.15) is 0 Å². The van der Waals surface area contributed by atoms with Gasteiger partial charge in [-0.3, -0.25) is 4.79 Å². The van der Waals surface area contributed by atoms with E-state index < -0.39 is 0 Å². The van der Waals surface area contributed by atoms with Gasteiger partial charge in [0.15, 0.2) is 5.96 Å². The number of guanidine groups is 1. The second-order valence-corrected chi connectivity index (χ2v) is 6.10. The van der Waals surface area contributed by atoms with E-state index in [9.17, 15) is 4.79 Å². The van der Waals surface area contributed by atoms with Crippen LogP contribution in [0.5, 0.6) is 0 Å². The molecule has 0 atom stereocenters. The van der Waals surface area contributed by atoms with E-state index in [2.05, 4.69) is 22.5 Å². The SMILES string of the molecule is CCCNC(=NCC(=O)N(C)C)NCCCC1CCCC1. The van der Waals surface area contributed by atoms with E-state index in [0.29, 0.717) is 0 Å². The highest BCUT2D eigenvalue weighted by Gasteiger charge is 2.14. The summed E-state index contributed by atoms with van der Waals surface area (Å²) < 4.78 is 0. The molecule has 1 fully saturated rings. The summed E-state index contributed by atoms with van der Waals surface area (Å²) in [5, 5.41) is 6.60. The van der Waals surface area contributed by atoms with Gasteiger partial charge in [-0.05, 0) is 25.2 Å². The summed E-state index contributed by atoms with van der Waals surface area (Å²) in [4.78, 5) is 17.5. The van der Waals surface area contributed by atoms with Crippen LogP contribution in [0.25, 0.3) is 0 Å². The van der Waals surface area contributed by atoms with Gasteiger partial charge in [-0.1, -0.05) is 32.6 Å². The zero-order chi connectivity index (χ0) is 15.5. The van der Waals surface area contributed by atoms with E-state index in [1.165, 1.54) is 38.5 Å². The number of hydrogen-bond donors (Lipinski definition) is 2. The zero-order valence-electron chi connectivity index (χ0n) is 14.0. The van der Waals surface area contributed by atoms with Crippen LogP contribution in [0.15, 0.2) is 4.99 Å². The summed E-state index contributed by atoms with van der Waals surface area (Å²) in [6.45, 7) is 4.14. The largest absolute Gasteiger partial charge is 0.356 e. The Morgan fingerprint density at radius 2 is 1.86 bits per heavy atom. The molecule has 0 saturated heterocycles. The van der Waals surface area contributed by atoms with Gasteiger partial charge < -0.3 is 15.5 Å². The summed E-state index contributed by atoms with van der Waals surface area (Å²) in [5.41, 5.74) is 0. The Morgan fingerprint density at radius 1 is 1.19 bits per heavy atom. The van der Waals surface area contributed by atoms with Crippen LogP contribution in [0, 0.1) is 5.92 Å². The fraction of sp³-hybridized carbons (Fsp3) is 0.875. The molecule has 1 rings (SSSR count). The molecule has 0 aromatic carbocycles. The van der Waals surface area contributed by atoms with E-state index in [-0.39, 0.29) is 12.5 Å². The highest BCUT2D eigenvalue weighted by atomic mass is 16.2. The summed E-state index contributed by atoms with van der Waals surface area (Å²) in [6.07, 6.45) is 9.18. The maximum Gasteiger partial charge on any atom is 0.243 e.